The third kappa shape index (κ3) is 5.51. The molecule has 0 saturated carbocycles. The Morgan fingerprint density at radius 1 is 1.00 bits per heavy atom. The van der Waals surface area contributed by atoms with Crippen LogP contribution in [0.1, 0.15) is 13.8 Å². The van der Waals surface area contributed by atoms with Gasteiger partial charge in [-0.05, 0) is 32.0 Å². The van der Waals surface area contributed by atoms with Crippen molar-refractivity contribution in [3.8, 4) is 5.75 Å². The standard InChI is InChI=1S/C19H31N3O6S2/c1-16-14-22(15-17(2)28-16)30(25,26)21-9-7-20(8-10-21)11-12-29(23,24)19-6-4-5-18(13-19)27-3/h4-6,13,16-17H,7-12,14-15H2,1-3H3. The molecule has 11 heteroatoms. The van der Waals surface area contributed by atoms with E-state index in [9.17, 15) is 16.8 Å². The summed E-state index contributed by atoms with van der Waals surface area (Å²) in [6, 6.07) is 6.44. The zero-order valence-electron chi connectivity index (χ0n) is 17.7. The highest BCUT2D eigenvalue weighted by Crippen LogP contribution is 2.20. The molecule has 2 fully saturated rings. The van der Waals surface area contributed by atoms with Gasteiger partial charge in [0, 0.05) is 45.8 Å². The normalized spacial score (nSPS) is 25.3. The first kappa shape index (κ1) is 23.4. The van der Waals surface area contributed by atoms with Gasteiger partial charge in [0.1, 0.15) is 5.75 Å². The molecule has 0 N–H and O–H groups in total. The number of sulfone groups is 1. The zero-order chi connectivity index (χ0) is 21.9. The molecule has 2 aliphatic heterocycles. The maximum Gasteiger partial charge on any atom is 0.282 e. The second kappa shape index (κ2) is 9.49. The molecule has 0 aromatic heterocycles. The smallest absolute Gasteiger partial charge is 0.282 e. The van der Waals surface area contributed by atoms with E-state index in [2.05, 4.69) is 0 Å². The number of hydrogen-bond acceptors (Lipinski definition) is 7. The lowest BCUT2D eigenvalue weighted by Gasteiger charge is -2.40. The number of ether oxygens (including phenoxy) is 2. The Hall–Kier alpha value is -1.24. The topological polar surface area (TPSA) is 96.5 Å². The molecule has 0 bridgehead atoms. The maximum atomic E-state index is 13.0. The molecule has 2 saturated heterocycles. The Balaban J connectivity index is 1.54. The van der Waals surface area contributed by atoms with Crippen LogP contribution in [0.3, 0.4) is 0 Å². The number of hydrogen-bond donors (Lipinski definition) is 0. The molecule has 0 spiro atoms. The first-order chi connectivity index (χ1) is 14.1. The number of morpholine rings is 1. The van der Waals surface area contributed by atoms with E-state index < -0.39 is 20.0 Å². The molecule has 2 heterocycles. The second-order valence-electron chi connectivity index (χ2n) is 7.82. The van der Waals surface area contributed by atoms with E-state index in [4.69, 9.17) is 9.47 Å². The summed E-state index contributed by atoms with van der Waals surface area (Å²) in [6.07, 6.45) is -0.265. The molecule has 2 atom stereocenters. The van der Waals surface area contributed by atoms with Gasteiger partial charge in [-0.1, -0.05) is 6.07 Å². The van der Waals surface area contributed by atoms with E-state index >= 15 is 0 Å². The molecule has 2 aliphatic rings. The Bertz CT molecular complexity index is 919. The van der Waals surface area contributed by atoms with Crippen molar-refractivity contribution in [3.05, 3.63) is 24.3 Å². The number of rotatable bonds is 7. The number of benzene rings is 1. The minimum atomic E-state index is -3.54. The van der Waals surface area contributed by atoms with Crippen LogP contribution in [0.4, 0.5) is 0 Å². The first-order valence-corrected chi connectivity index (χ1v) is 13.2. The fourth-order valence-electron chi connectivity index (χ4n) is 3.83. The van der Waals surface area contributed by atoms with E-state index in [1.807, 2.05) is 18.7 Å². The van der Waals surface area contributed by atoms with Crippen molar-refractivity contribution >= 4 is 20.0 Å². The molecule has 0 aliphatic carbocycles. The van der Waals surface area contributed by atoms with Crippen molar-refractivity contribution in [3.63, 3.8) is 0 Å². The molecular weight excluding hydrogens is 430 g/mol. The summed E-state index contributed by atoms with van der Waals surface area (Å²) < 4.78 is 64.9. The summed E-state index contributed by atoms with van der Waals surface area (Å²) in [5, 5.41) is 0. The molecule has 0 radical (unpaired) electrons. The predicted molar refractivity (Wildman–Crippen MR) is 114 cm³/mol. The third-order valence-electron chi connectivity index (χ3n) is 5.45. The van der Waals surface area contributed by atoms with E-state index in [1.54, 1.807) is 18.2 Å². The van der Waals surface area contributed by atoms with Gasteiger partial charge >= 0.3 is 0 Å². The highest BCUT2D eigenvalue weighted by molar-refractivity contribution is 7.91. The van der Waals surface area contributed by atoms with Crippen molar-refractivity contribution in [2.45, 2.75) is 31.0 Å². The van der Waals surface area contributed by atoms with Gasteiger partial charge in [0.25, 0.3) is 10.2 Å². The number of piperazine rings is 1. The van der Waals surface area contributed by atoms with Gasteiger partial charge in [-0.15, -0.1) is 0 Å². The highest BCUT2D eigenvalue weighted by Gasteiger charge is 2.36. The molecule has 3 rings (SSSR count). The van der Waals surface area contributed by atoms with Gasteiger partial charge in [0.15, 0.2) is 9.84 Å². The molecule has 170 valence electrons. The van der Waals surface area contributed by atoms with Crippen LogP contribution in [0.2, 0.25) is 0 Å². The summed E-state index contributed by atoms with van der Waals surface area (Å²) in [4.78, 5) is 2.23. The SMILES string of the molecule is COc1cccc(S(=O)(=O)CCN2CCN(S(=O)(=O)N3CC(C)OC(C)C3)CC2)c1. The van der Waals surface area contributed by atoms with E-state index in [1.165, 1.54) is 21.8 Å². The molecule has 9 nitrogen and oxygen atoms in total. The summed E-state index contributed by atoms with van der Waals surface area (Å²) in [7, 11) is -5.48. The Morgan fingerprint density at radius 2 is 1.63 bits per heavy atom. The average molecular weight is 462 g/mol. The van der Waals surface area contributed by atoms with Crippen molar-refractivity contribution in [2.75, 3.05) is 58.7 Å². The van der Waals surface area contributed by atoms with Gasteiger partial charge in [0.2, 0.25) is 0 Å². The van der Waals surface area contributed by atoms with E-state index in [-0.39, 0.29) is 22.9 Å². The van der Waals surface area contributed by atoms with Crippen molar-refractivity contribution in [1.82, 2.24) is 13.5 Å². The van der Waals surface area contributed by atoms with Crippen molar-refractivity contribution < 1.29 is 26.3 Å². The lowest BCUT2D eigenvalue weighted by molar-refractivity contribution is -0.0457. The monoisotopic (exact) mass is 461 g/mol. The predicted octanol–water partition coefficient (Wildman–Crippen LogP) is 0.441. The van der Waals surface area contributed by atoms with Crippen LogP contribution in [0, 0.1) is 0 Å². The molecule has 0 amide bonds. The Morgan fingerprint density at radius 3 is 2.23 bits per heavy atom. The first-order valence-electron chi connectivity index (χ1n) is 10.1. The molecule has 1 aromatic carbocycles. The van der Waals surface area contributed by atoms with Crippen molar-refractivity contribution in [2.24, 2.45) is 0 Å². The fraction of sp³-hybridized carbons (Fsp3) is 0.684. The summed E-state index contributed by atoms with van der Waals surface area (Å²) in [5.74, 6) is 0.479. The van der Waals surface area contributed by atoms with Crippen molar-refractivity contribution in [1.29, 1.82) is 0 Å². The lowest BCUT2D eigenvalue weighted by Crippen LogP contribution is -2.57. The lowest BCUT2D eigenvalue weighted by atomic mass is 10.3. The van der Waals surface area contributed by atoms with Crippen LogP contribution in [-0.2, 0) is 24.8 Å². The van der Waals surface area contributed by atoms with Gasteiger partial charge in [-0.3, -0.25) is 4.90 Å². The van der Waals surface area contributed by atoms with Crippen LogP contribution in [0.15, 0.2) is 29.2 Å². The minimum absolute atomic E-state index is 0.0224. The average Bonchev–Trinajstić information content (AvgIpc) is 2.72. The Labute approximate surface area is 179 Å². The zero-order valence-corrected chi connectivity index (χ0v) is 19.4. The van der Waals surface area contributed by atoms with Crippen LogP contribution in [-0.4, -0.2) is 101 Å². The van der Waals surface area contributed by atoms with Crippen LogP contribution >= 0.6 is 0 Å². The quantitative estimate of drug-likeness (QED) is 0.581. The van der Waals surface area contributed by atoms with Crippen LogP contribution < -0.4 is 4.74 Å². The number of nitrogens with zero attached hydrogens (tertiary/aromatic N) is 3. The number of methoxy groups -OCH3 is 1. The van der Waals surface area contributed by atoms with Gasteiger partial charge in [-0.2, -0.15) is 17.0 Å². The second-order valence-corrected chi connectivity index (χ2v) is 11.9. The summed E-state index contributed by atoms with van der Waals surface area (Å²) in [6.45, 7) is 6.52. The summed E-state index contributed by atoms with van der Waals surface area (Å²) >= 11 is 0. The Kier molecular flexibility index (Phi) is 7.41. The molecule has 1 aromatic rings. The maximum absolute atomic E-state index is 13.0. The minimum Gasteiger partial charge on any atom is -0.497 e. The van der Waals surface area contributed by atoms with E-state index in [0.717, 1.165) is 0 Å². The van der Waals surface area contributed by atoms with Gasteiger partial charge in [-0.25, -0.2) is 8.42 Å². The fourth-order valence-corrected chi connectivity index (χ4v) is 6.89. The summed E-state index contributed by atoms with van der Waals surface area (Å²) in [5.41, 5.74) is 0. The van der Waals surface area contributed by atoms with Crippen LogP contribution in [0.5, 0.6) is 5.75 Å². The molecule has 2 unspecified atom stereocenters. The van der Waals surface area contributed by atoms with Gasteiger partial charge < -0.3 is 9.47 Å². The van der Waals surface area contributed by atoms with Crippen LogP contribution in [0.25, 0.3) is 0 Å². The molecular formula is C19H31N3O6S2. The largest absolute Gasteiger partial charge is 0.497 e. The third-order valence-corrected chi connectivity index (χ3v) is 9.11. The highest BCUT2D eigenvalue weighted by atomic mass is 32.2. The van der Waals surface area contributed by atoms with Gasteiger partial charge in [0.05, 0.1) is 30.0 Å². The van der Waals surface area contributed by atoms with E-state index in [0.29, 0.717) is 51.6 Å². The molecule has 30 heavy (non-hydrogen) atoms.